The number of hydrogen-bond acceptors (Lipinski definition) is 6. The number of amides is 2. The number of carbonyl (C=O) groups excluding carboxylic acids is 2. The molecule has 1 aliphatic rings. The standard InChI is InChI=1S/C23H22N2O6S/c1-13(2)15-5-7-16(8-6-15)25-22(29)17(21(28)24-23(25)32)10-14-4-9-18(19(11-14)30-3)31-12-20(26)27/h4-11,13H,12H2,1-3H3,(H,26,27)(H,24,28,32)/b17-10+. The Kier molecular flexibility index (Phi) is 6.89. The predicted molar refractivity (Wildman–Crippen MR) is 123 cm³/mol. The molecule has 1 saturated heterocycles. The summed E-state index contributed by atoms with van der Waals surface area (Å²) in [5.41, 5.74) is 2.05. The molecule has 3 rings (SSSR count). The molecule has 0 aliphatic carbocycles. The van der Waals surface area contributed by atoms with Crippen LogP contribution in [0.2, 0.25) is 0 Å². The first kappa shape index (κ1) is 23.0. The summed E-state index contributed by atoms with van der Waals surface area (Å²) in [6.07, 6.45) is 1.42. The van der Waals surface area contributed by atoms with E-state index in [4.69, 9.17) is 26.8 Å². The van der Waals surface area contributed by atoms with Gasteiger partial charge in [0.05, 0.1) is 12.8 Å². The SMILES string of the molecule is COc1cc(/C=C2\C(=O)NC(=S)N(c3ccc(C(C)C)cc3)C2=O)ccc1OCC(=O)O. The average Bonchev–Trinajstić information content (AvgIpc) is 2.75. The Morgan fingerprint density at radius 1 is 1.16 bits per heavy atom. The second-order valence-corrected chi connectivity index (χ2v) is 7.68. The molecule has 0 bridgehead atoms. The van der Waals surface area contributed by atoms with Gasteiger partial charge in [0.2, 0.25) is 0 Å². The zero-order valence-electron chi connectivity index (χ0n) is 17.7. The van der Waals surface area contributed by atoms with E-state index in [0.717, 1.165) is 5.56 Å². The molecule has 2 aromatic carbocycles. The van der Waals surface area contributed by atoms with Crippen molar-refractivity contribution in [2.45, 2.75) is 19.8 Å². The number of carbonyl (C=O) groups is 3. The van der Waals surface area contributed by atoms with Gasteiger partial charge in [-0.1, -0.05) is 32.0 Å². The molecule has 2 aromatic rings. The largest absolute Gasteiger partial charge is 0.493 e. The third-order valence-corrected chi connectivity index (χ3v) is 5.05. The van der Waals surface area contributed by atoms with Crippen LogP contribution >= 0.6 is 12.2 Å². The highest BCUT2D eigenvalue weighted by Crippen LogP contribution is 2.30. The van der Waals surface area contributed by atoms with E-state index in [1.165, 1.54) is 24.2 Å². The van der Waals surface area contributed by atoms with E-state index in [1.54, 1.807) is 24.3 Å². The lowest BCUT2D eigenvalue weighted by atomic mass is 10.0. The van der Waals surface area contributed by atoms with Crippen molar-refractivity contribution in [3.05, 3.63) is 59.2 Å². The van der Waals surface area contributed by atoms with E-state index in [0.29, 0.717) is 17.2 Å². The third-order valence-electron chi connectivity index (χ3n) is 4.77. The zero-order chi connectivity index (χ0) is 23.4. The van der Waals surface area contributed by atoms with Gasteiger partial charge in [-0.05, 0) is 59.6 Å². The maximum Gasteiger partial charge on any atom is 0.341 e. The van der Waals surface area contributed by atoms with Crippen LogP contribution in [0.15, 0.2) is 48.0 Å². The molecule has 8 nitrogen and oxygen atoms in total. The number of thiocarbonyl (C=S) groups is 1. The molecule has 0 aromatic heterocycles. The molecule has 0 radical (unpaired) electrons. The summed E-state index contributed by atoms with van der Waals surface area (Å²) in [6.45, 7) is 3.61. The van der Waals surface area contributed by atoms with Crippen LogP contribution in [0, 0.1) is 0 Å². The van der Waals surface area contributed by atoms with E-state index >= 15 is 0 Å². The van der Waals surface area contributed by atoms with Crippen molar-refractivity contribution in [1.29, 1.82) is 0 Å². The minimum absolute atomic E-state index is 0.00412. The molecule has 166 valence electrons. The number of nitrogens with zero attached hydrogens (tertiary/aromatic N) is 1. The smallest absolute Gasteiger partial charge is 0.341 e. The van der Waals surface area contributed by atoms with Crippen LogP contribution in [0.5, 0.6) is 11.5 Å². The fourth-order valence-electron chi connectivity index (χ4n) is 3.10. The number of rotatable bonds is 7. The zero-order valence-corrected chi connectivity index (χ0v) is 18.6. The van der Waals surface area contributed by atoms with Gasteiger partial charge >= 0.3 is 5.97 Å². The summed E-state index contributed by atoms with van der Waals surface area (Å²) in [5.74, 6) is -1.47. The Labute approximate surface area is 190 Å². The van der Waals surface area contributed by atoms with Crippen LogP contribution in [-0.4, -0.2) is 41.7 Å². The molecule has 0 unspecified atom stereocenters. The molecule has 9 heteroatoms. The predicted octanol–water partition coefficient (Wildman–Crippen LogP) is 3.11. The topological polar surface area (TPSA) is 105 Å². The Balaban J connectivity index is 1.92. The Morgan fingerprint density at radius 3 is 2.44 bits per heavy atom. The average molecular weight is 455 g/mol. The lowest BCUT2D eigenvalue weighted by Crippen LogP contribution is -2.54. The van der Waals surface area contributed by atoms with Gasteiger partial charge in [0.25, 0.3) is 11.8 Å². The molecule has 0 saturated carbocycles. The molecule has 1 aliphatic heterocycles. The van der Waals surface area contributed by atoms with Gasteiger partial charge < -0.3 is 14.6 Å². The molecule has 2 amide bonds. The molecule has 32 heavy (non-hydrogen) atoms. The Bertz CT molecular complexity index is 1110. The van der Waals surface area contributed by atoms with Gasteiger partial charge in [-0.25, -0.2) is 4.79 Å². The monoisotopic (exact) mass is 454 g/mol. The first-order valence-electron chi connectivity index (χ1n) is 9.75. The van der Waals surface area contributed by atoms with Crippen molar-refractivity contribution in [2.24, 2.45) is 0 Å². The molecular formula is C23H22N2O6S. The van der Waals surface area contributed by atoms with Crippen molar-refractivity contribution in [2.75, 3.05) is 18.6 Å². The molecule has 0 atom stereocenters. The van der Waals surface area contributed by atoms with Crippen LogP contribution in [0.4, 0.5) is 5.69 Å². The number of carboxylic acids is 1. The molecule has 1 heterocycles. The van der Waals surface area contributed by atoms with Gasteiger partial charge in [0, 0.05) is 0 Å². The van der Waals surface area contributed by atoms with Crippen LogP contribution in [-0.2, 0) is 14.4 Å². The summed E-state index contributed by atoms with van der Waals surface area (Å²) in [5, 5.41) is 11.3. The van der Waals surface area contributed by atoms with E-state index in [-0.39, 0.29) is 22.2 Å². The third kappa shape index (κ3) is 4.94. The first-order valence-corrected chi connectivity index (χ1v) is 10.2. The van der Waals surface area contributed by atoms with E-state index < -0.39 is 24.4 Å². The number of carboxylic acid groups (broad SMARTS) is 1. The Morgan fingerprint density at radius 2 is 1.84 bits per heavy atom. The highest BCUT2D eigenvalue weighted by Gasteiger charge is 2.34. The molecular weight excluding hydrogens is 432 g/mol. The quantitative estimate of drug-likeness (QED) is 0.376. The van der Waals surface area contributed by atoms with Crippen molar-refractivity contribution < 1.29 is 29.0 Å². The fourth-order valence-corrected chi connectivity index (χ4v) is 3.38. The van der Waals surface area contributed by atoms with Crippen molar-refractivity contribution in [3.63, 3.8) is 0 Å². The van der Waals surface area contributed by atoms with Gasteiger partial charge in [-0.2, -0.15) is 0 Å². The number of benzene rings is 2. The highest BCUT2D eigenvalue weighted by molar-refractivity contribution is 7.80. The molecule has 0 spiro atoms. The second-order valence-electron chi connectivity index (χ2n) is 7.30. The summed E-state index contributed by atoms with van der Waals surface area (Å²) < 4.78 is 10.4. The lowest BCUT2D eigenvalue weighted by molar-refractivity contribution is -0.139. The van der Waals surface area contributed by atoms with Crippen molar-refractivity contribution in [3.8, 4) is 11.5 Å². The number of methoxy groups -OCH3 is 1. The van der Waals surface area contributed by atoms with Crippen LogP contribution in [0.25, 0.3) is 6.08 Å². The van der Waals surface area contributed by atoms with Crippen LogP contribution < -0.4 is 19.7 Å². The first-order chi connectivity index (χ1) is 15.2. The minimum atomic E-state index is -1.12. The van der Waals surface area contributed by atoms with Gasteiger partial charge in [0.15, 0.2) is 23.2 Å². The highest BCUT2D eigenvalue weighted by atomic mass is 32.1. The lowest BCUT2D eigenvalue weighted by Gasteiger charge is -2.29. The number of anilines is 1. The van der Waals surface area contributed by atoms with Gasteiger partial charge in [-0.15, -0.1) is 0 Å². The van der Waals surface area contributed by atoms with E-state index in [9.17, 15) is 14.4 Å². The van der Waals surface area contributed by atoms with E-state index in [2.05, 4.69) is 19.2 Å². The number of ether oxygens (including phenoxy) is 2. The number of aliphatic carboxylic acids is 1. The van der Waals surface area contributed by atoms with Crippen molar-refractivity contribution >= 4 is 46.9 Å². The van der Waals surface area contributed by atoms with Gasteiger partial charge in [-0.3, -0.25) is 19.8 Å². The van der Waals surface area contributed by atoms with Crippen LogP contribution in [0.1, 0.15) is 30.9 Å². The van der Waals surface area contributed by atoms with Crippen molar-refractivity contribution in [1.82, 2.24) is 5.32 Å². The van der Waals surface area contributed by atoms with Gasteiger partial charge in [0.1, 0.15) is 5.57 Å². The summed E-state index contributed by atoms with van der Waals surface area (Å²) in [7, 11) is 1.40. The van der Waals surface area contributed by atoms with Crippen LogP contribution in [0.3, 0.4) is 0 Å². The maximum absolute atomic E-state index is 13.2. The van der Waals surface area contributed by atoms with E-state index in [1.807, 2.05) is 12.1 Å². The summed E-state index contributed by atoms with van der Waals surface area (Å²) in [6, 6.07) is 12.0. The summed E-state index contributed by atoms with van der Waals surface area (Å²) in [4.78, 5) is 37.7. The molecule has 1 fully saturated rings. The molecule has 2 N–H and O–H groups in total. The number of hydrogen-bond donors (Lipinski definition) is 2. The minimum Gasteiger partial charge on any atom is -0.493 e. The summed E-state index contributed by atoms with van der Waals surface area (Å²) >= 11 is 5.23. The Hall–Kier alpha value is -3.72. The normalized spacial score (nSPS) is 15.2. The number of nitrogens with one attached hydrogen (secondary N) is 1. The fraction of sp³-hybridized carbons (Fsp3) is 0.217. The maximum atomic E-state index is 13.2. The second kappa shape index (κ2) is 9.61.